The number of guanidine groups is 1. The average molecular weight is 511 g/mol. The molecule has 29 heavy (non-hydrogen) atoms. The maximum atomic E-state index is 13.4. The molecule has 0 amide bonds. The minimum Gasteiger partial charge on any atom is -0.369 e. The van der Waals surface area contributed by atoms with E-state index < -0.39 is 0 Å². The van der Waals surface area contributed by atoms with Crippen molar-refractivity contribution in [2.24, 2.45) is 4.99 Å². The summed E-state index contributed by atoms with van der Waals surface area (Å²) < 4.78 is 13.4. The number of hydrogen-bond donors (Lipinski definition) is 2. The molecule has 1 fully saturated rings. The molecule has 158 valence electrons. The molecule has 0 bridgehead atoms. The highest BCUT2D eigenvalue weighted by Gasteiger charge is 2.22. The van der Waals surface area contributed by atoms with E-state index in [1.807, 2.05) is 25.3 Å². The topological polar surface area (TPSA) is 52.6 Å². The SMILES string of the molecule is CCNC(=NCc1ncccc1C)NC1CCCN(c2ccc(F)cc2C)C1.I. The van der Waals surface area contributed by atoms with Gasteiger partial charge in [-0.25, -0.2) is 9.38 Å². The Hall–Kier alpha value is -1.90. The third-order valence-electron chi connectivity index (χ3n) is 5.11. The number of piperidine rings is 1. The molecule has 0 aliphatic carbocycles. The average Bonchev–Trinajstić information content (AvgIpc) is 2.67. The van der Waals surface area contributed by atoms with Crippen LogP contribution in [0.4, 0.5) is 10.1 Å². The van der Waals surface area contributed by atoms with E-state index in [0.717, 1.165) is 60.9 Å². The summed E-state index contributed by atoms with van der Waals surface area (Å²) in [6, 6.07) is 9.33. The predicted molar refractivity (Wildman–Crippen MR) is 129 cm³/mol. The Bertz CT molecular complexity index is 827. The van der Waals surface area contributed by atoms with E-state index in [2.05, 4.69) is 40.4 Å². The fourth-order valence-corrected chi connectivity index (χ4v) is 3.64. The Balaban J connectivity index is 0.00000300. The number of anilines is 1. The quantitative estimate of drug-likeness (QED) is 0.360. The van der Waals surface area contributed by atoms with Gasteiger partial charge in [-0.05, 0) is 69.0 Å². The first-order valence-electron chi connectivity index (χ1n) is 10.0. The highest BCUT2D eigenvalue weighted by atomic mass is 127. The lowest BCUT2D eigenvalue weighted by Gasteiger charge is -2.36. The summed E-state index contributed by atoms with van der Waals surface area (Å²) in [4.78, 5) is 11.5. The monoisotopic (exact) mass is 511 g/mol. The van der Waals surface area contributed by atoms with Crippen LogP contribution in [-0.4, -0.2) is 36.6 Å². The van der Waals surface area contributed by atoms with Gasteiger partial charge < -0.3 is 15.5 Å². The summed E-state index contributed by atoms with van der Waals surface area (Å²) in [5.74, 6) is 0.634. The molecular formula is C22H31FIN5. The summed E-state index contributed by atoms with van der Waals surface area (Å²) >= 11 is 0. The van der Waals surface area contributed by atoms with Crippen molar-refractivity contribution < 1.29 is 4.39 Å². The van der Waals surface area contributed by atoms with Crippen LogP contribution in [-0.2, 0) is 6.54 Å². The normalized spacial score (nSPS) is 16.9. The van der Waals surface area contributed by atoms with Crippen LogP contribution in [0.15, 0.2) is 41.5 Å². The van der Waals surface area contributed by atoms with E-state index in [0.29, 0.717) is 12.6 Å². The van der Waals surface area contributed by atoms with Gasteiger partial charge in [0.15, 0.2) is 5.96 Å². The Kier molecular flexibility index (Phi) is 9.13. The van der Waals surface area contributed by atoms with E-state index in [9.17, 15) is 4.39 Å². The van der Waals surface area contributed by atoms with Crippen LogP contribution in [0.1, 0.15) is 36.6 Å². The highest BCUT2D eigenvalue weighted by Crippen LogP contribution is 2.24. The molecular weight excluding hydrogens is 480 g/mol. The van der Waals surface area contributed by atoms with Crippen LogP contribution in [0, 0.1) is 19.7 Å². The highest BCUT2D eigenvalue weighted by molar-refractivity contribution is 14.0. The molecule has 2 heterocycles. The van der Waals surface area contributed by atoms with Gasteiger partial charge >= 0.3 is 0 Å². The molecule has 1 saturated heterocycles. The van der Waals surface area contributed by atoms with Gasteiger partial charge in [0.05, 0.1) is 12.2 Å². The predicted octanol–water partition coefficient (Wildman–Crippen LogP) is 4.18. The summed E-state index contributed by atoms with van der Waals surface area (Å²) in [5, 5.41) is 6.91. The lowest BCUT2D eigenvalue weighted by Crippen LogP contribution is -2.51. The van der Waals surface area contributed by atoms with E-state index in [1.54, 1.807) is 12.1 Å². The van der Waals surface area contributed by atoms with Gasteiger partial charge in [-0.1, -0.05) is 6.07 Å². The fourth-order valence-electron chi connectivity index (χ4n) is 3.64. The molecule has 1 aromatic carbocycles. The van der Waals surface area contributed by atoms with Crippen LogP contribution < -0.4 is 15.5 Å². The van der Waals surface area contributed by atoms with Crippen LogP contribution >= 0.6 is 24.0 Å². The van der Waals surface area contributed by atoms with E-state index in [-0.39, 0.29) is 29.8 Å². The second kappa shape index (κ2) is 11.3. The number of aryl methyl sites for hydroxylation is 2. The van der Waals surface area contributed by atoms with Gasteiger partial charge in [0, 0.05) is 37.6 Å². The van der Waals surface area contributed by atoms with Crippen molar-refractivity contribution in [3.63, 3.8) is 0 Å². The fraction of sp³-hybridized carbons (Fsp3) is 0.455. The molecule has 0 spiro atoms. The zero-order chi connectivity index (χ0) is 19.9. The van der Waals surface area contributed by atoms with Gasteiger partial charge in [0.25, 0.3) is 0 Å². The van der Waals surface area contributed by atoms with Crippen molar-refractivity contribution >= 4 is 35.6 Å². The molecule has 1 atom stereocenters. The molecule has 2 N–H and O–H groups in total. The maximum Gasteiger partial charge on any atom is 0.191 e. The number of rotatable bonds is 5. The molecule has 1 aliphatic rings. The van der Waals surface area contributed by atoms with Gasteiger partial charge in [-0.2, -0.15) is 0 Å². The number of benzene rings is 1. The minimum atomic E-state index is -0.181. The number of nitrogens with zero attached hydrogens (tertiary/aromatic N) is 3. The minimum absolute atomic E-state index is 0. The van der Waals surface area contributed by atoms with Gasteiger partial charge in [0.1, 0.15) is 5.82 Å². The van der Waals surface area contributed by atoms with Crippen molar-refractivity contribution in [3.05, 3.63) is 59.2 Å². The molecule has 1 unspecified atom stereocenters. The third kappa shape index (κ3) is 6.55. The van der Waals surface area contributed by atoms with Crippen LogP contribution in [0.5, 0.6) is 0 Å². The van der Waals surface area contributed by atoms with Crippen molar-refractivity contribution in [3.8, 4) is 0 Å². The van der Waals surface area contributed by atoms with Crippen molar-refractivity contribution in [2.45, 2.75) is 46.2 Å². The maximum absolute atomic E-state index is 13.4. The van der Waals surface area contributed by atoms with Crippen LogP contribution in [0.25, 0.3) is 0 Å². The standard InChI is InChI=1S/C22H30FN5.HI/c1-4-24-22(26-14-20-16(2)7-5-11-25-20)27-19-8-6-12-28(15-19)21-10-9-18(23)13-17(21)3;/h5,7,9-11,13,19H,4,6,8,12,14-15H2,1-3H3,(H2,24,26,27);1H. The Morgan fingerprint density at radius 1 is 1.28 bits per heavy atom. The summed E-state index contributed by atoms with van der Waals surface area (Å²) in [7, 11) is 0. The van der Waals surface area contributed by atoms with Gasteiger partial charge in [0.2, 0.25) is 0 Å². The van der Waals surface area contributed by atoms with E-state index in [1.165, 1.54) is 0 Å². The molecule has 2 aromatic rings. The first kappa shape index (κ1) is 23.4. The van der Waals surface area contributed by atoms with E-state index in [4.69, 9.17) is 4.99 Å². The zero-order valence-electron chi connectivity index (χ0n) is 17.4. The smallest absolute Gasteiger partial charge is 0.191 e. The number of aliphatic imine (C=N–C) groups is 1. The number of hydrogen-bond acceptors (Lipinski definition) is 3. The first-order valence-corrected chi connectivity index (χ1v) is 10.0. The second-order valence-corrected chi connectivity index (χ2v) is 7.32. The Labute approximate surface area is 190 Å². The lowest BCUT2D eigenvalue weighted by atomic mass is 10.0. The van der Waals surface area contributed by atoms with Crippen molar-refractivity contribution in [1.29, 1.82) is 0 Å². The molecule has 3 rings (SSSR count). The summed E-state index contributed by atoms with van der Waals surface area (Å²) in [5.41, 5.74) is 4.23. The Morgan fingerprint density at radius 3 is 2.83 bits per heavy atom. The molecule has 7 heteroatoms. The molecule has 1 aromatic heterocycles. The zero-order valence-corrected chi connectivity index (χ0v) is 19.7. The summed E-state index contributed by atoms with van der Waals surface area (Å²) in [6.07, 6.45) is 3.99. The van der Waals surface area contributed by atoms with E-state index >= 15 is 0 Å². The van der Waals surface area contributed by atoms with Crippen molar-refractivity contribution in [1.82, 2.24) is 15.6 Å². The third-order valence-corrected chi connectivity index (χ3v) is 5.11. The molecule has 0 saturated carbocycles. The first-order chi connectivity index (χ1) is 13.6. The summed E-state index contributed by atoms with van der Waals surface area (Å²) in [6.45, 7) is 9.32. The molecule has 5 nitrogen and oxygen atoms in total. The largest absolute Gasteiger partial charge is 0.369 e. The number of pyridine rings is 1. The molecule has 1 aliphatic heterocycles. The van der Waals surface area contributed by atoms with Gasteiger partial charge in [-0.15, -0.1) is 24.0 Å². The number of nitrogens with one attached hydrogen (secondary N) is 2. The Morgan fingerprint density at radius 2 is 2.10 bits per heavy atom. The van der Waals surface area contributed by atoms with Gasteiger partial charge in [-0.3, -0.25) is 4.98 Å². The van der Waals surface area contributed by atoms with Crippen LogP contribution in [0.3, 0.4) is 0 Å². The number of halogens is 2. The van der Waals surface area contributed by atoms with Crippen LogP contribution in [0.2, 0.25) is 0 Å². The number of aromatic nitrogens is 1. The second-order valence-electron chi connectivity index (χ2n) is 7.32. The molecule has 0 radical (unpaired) electrons. The lowest BCUT2D eigenvalue weighted by molar-refractivity contribution is 0.467. The van der Waals surface area contributed by atoms with Crippen molar-refractivity contribution in [2.75, 3.05) is 24.5 Å².